The molecule has 4 aromatic rings. The molecular formula is C24H28N6O4. The Bertz CT molecular complexity index is 1390. The van der Waals surface area contributed by atoms with Crippen molar-refractivity contribution in [1.29, 1.82) is 0 Å². The second kappa shape index (κ2) is 8.60. The van der Waals surface area contributed by atoms with Gasteiger partial charge in [-0.15, -0.1) is 0 Å². The summed E-state index contributed by atoms with van der Waals surface area (Å²) in [6, 6.07) is 7.39. The number of carbonyl (C=O) groups excluding carboxylic acids is 1. The maximum absolute atomic E-state index is 13.0. The number of rotatable bonds is 6. The van der Waals surface area contributed by atoms with Crippen molar-refractivity contribution < 1.29 is 14.6 Å². The van der Waals surface area contributed by atoms with Crippen molar-refractivity contribution >= 4 is 16.9 Å². The standard InChI is InChI=1S/C24H28N6O4/c1-24(2,33)14-34-17-9-10-19-18(12-25-30(19)13-17)22(31)26-16-7-5-15(6-8-16)21-20-4-3-11-29(20)23(32)28-27-21/h3-4,9-13,15-16,33H,5-8,14H2,1-2H3,(H,26,31)(H,28,32). The second-order valence-electron chi connectivity index (χ2n) is 9.55. The van der Waals surface area contributed by atoms with E-state index in [1.54, 1.807) is 53.5 Å². The molecule has 1 aliphatic rings. The van der Waals surface area contributed by atoms with Gasteiger partial charge in [-0.25, -0.2) is 14.4 Å². The number of H-pyrrole nitrogens is 1. The summed E-state index contributed by atoms with van der Waals surface area (Å²) in [4.78, 5) is 24.9. The fourth-order valence-electron chi connectivity index (χ4n) is 4.55. The van der Waals surface area contributed by atoms with Gasteiger partial charge in [0.25, 0.3) is 5.91 Å². The van der Waals surface area contributed by atoms with E-state index in [0.29, 0.717) is 16.8 Å². The Hall–Kier alpha value is -3.66. The highest BCUT2D eigenvalue weighted by atomic mass is 16.5. The van der Waals surface area contributed by atoms with Crippen molar-refractivity contribution in [3.8, 4) is 5.75 Å². The number of aliphatic hydroxyl groups is 1. The lowest BCUT2D eigenvalue weighted by Crippen LogP contribution is -2.37. The number of hydrogen-bond acceptors (Lipinski definition) is 6. The second-order valence-corrected chi connectivity index (χ2v) is 9.55. The number of pyridine rings is 1. The summed E-state index contributed by atoms with van der Waals surface area (Å²) < 4.78 is 8.80. The molecule has 10 nitrogen and oxygen atoms in total. The Morgan fingerprint density at radius 3 is 2.79 bits per heavy atom. The van der Waals surface area contributed by atoms with Gasteiger partial charge < -0.3 is 15.2 Å². The van der Waals surface area contributed by atoms with Crippen molar-refractivity contribution in [2.75, 3.05) is 6.61 Å². The molecule has 1 amide bonds. The van der Waals surface area contributed by atoms with Crippen molar-refractivity contribution in [3.05, 3.63) is 64.6 Å². The predicted molar refractivity (Wildman–Crippen MR) is 125 cm³/mol. The third-order valence-corrected chi connectivity index (χ3v) is 6.28. The third kappa shape index (κ3) is 4.41. The lowest BCUT2D eigenvalue weighted by atomic mass is 9.83. The van der Waals surface area contributed by atoms with Crippen LogP contribution in [-0.4, -0.2) is 53.5 Å². The summed E-state index contributed by atoms with van der Waals surface area (Å²) in [6.07, 6.45) is 8.41. The van der Waals surface area contributed by atoms with E-state index in [1.165, 1.54) is 0 Å². The van der Waals surface area contributed by atoms with Crippen LogP contribution in [-0.2, 0) is 0 Å². The molecule has 0 bridgehead atoms. The molecule has 0 spiro atoms. The van der Waals surface area contributed by atoms with Crippen LogP contribution in [0.25, 0.3) is 11.0 Å². The topological polar surface area (TPSA) is 126 Å². The average molecular weight is 465 g/mol. The molecule has 10 heteroatoms. The minimum Gasteiger partial charge on any atom is -0.489 e. The Morgan fingerprint density at radius 2 is 2.03 bits per heavy atom. The molecule has 5 rings (SSSR count). The third-order valence-electron chi connectivity index (χ3n) is 6.28. The maximum Gasteiger partial charge on any atom is 0.346 e. The number of ether oxygens (including phenoxy) is 1. The van der Waals surface area contributed by atoms with Gasteiger partial charge in [-0.3, -0.25) is 9.20 Å². The molecule has 0 radical (unpaired) electrons. The van der Waals surface area contributed by atoms with Gasteiger partial charge in [0.15, 0.2) is 0 Å². The molecule has 3 N–H and O–H groups in total. The predicted octanol–water partition coefficient (Wildman–Crippen LogP) is 2.28. The summed E-state index contributed by atoms with van der Waals surface area (Å²) in [5.74, 6) is 0.650. The van der Waals surface area contributed by atoms with Gasteiger partial charge >= 0.3 is 5.69 Å². The normalized spacial score (nSPS) is 18.9. The number of nitrogens with zero attached hydrogens (tertiary/aromatic N) is 4. The molecule has 1 aliphatic carbocycles. The summed E-state index contributed by atoms with van der Waals surface area (Å²) in [7, 11) is 0. The summed E-state index contributed by atoms with van der Waals surface area (Å²) in [5.41, 5.74) is 1.76. The Morgan fingerprint density at radius 1 is 1.24 bits per heavy atom. The van der Waals surface area contributed by atoms with Crippen molar-refractivity contribution in [2.45, 2.75) is 57.1 Å². The van der Waals surface area contributed by atoms with Gasteiger partial charge in [-0.05, 0) is 63.8 Å². The quantitative estimate of drug-likeness (QED) is 0.402. The van der Waals surface area contributed by atoms with E-state index >= 15 is 0 Å². The molecule has 4 heterocycles. The molecule has 178 valence electrons. The van der Waals surface area contributed by atoms with E-state index in [2.05, 4.69) is 20.6 Å². The minimum absolute atomic E-state index is 0.0682. The minimum atomic E-state index is -0.940. The van der Waals surface area contributed by atoms with Crippen LogP contribution in [0.15, 0.2) is 47.7 Å². The molecule has 34 heavy (non-hydrogen) atoms. The number of amides is 1. The van der Waals surface area contributed by atoms with Gasteiger partial charge in [-0.1, -0.05) is 0 Å². The molecule has 1 saturated carbocycles. The number of hydrogen-bond donors (Lipinski definition) is 3. The first kappa shape index (κ1) is 22.1. The van der Waals surface area contributed by atoms with Crippen LogP contribution in [0.3, 0.4) is 0 Å². The number of aromatic nitrogens is 5. The summed E-state index contributed by atoms with van der Waals surface area (Å²) >= 11 is 0. The summed E-state index contributed by atoms with van der Waals surface area (Å²) in [5, 5.41) is 24.2. The van der Waals surface area contributed by atoms with Crippen molar-refractivity contribution in [2.24, 2.45) is 0 Å². The van der Waals surface area contributed by atoms with Crippen LogP contribution in [0.2, 0.25) is 0 Å². The fourth-order valence-corrected chi connectivity index (χ4v) is 4.55. The van der Waals surface area contributed by atoms with E-state index < -0.39 is 5.60 Å². The summed E-state index contributed by atoms with van der Waals surface area (Å²) in [6.45, 7) is 3.50. The lowest BCUT2D eigenvalue weighted by Gasteiger charge is -2.28. The first-order valence-corrected chi connectivity index (χ1v) is 11.5. The van der Waals surface area contributed by atoms with Crippen LogP contribution < -0.4 is 15.7 Å². The Balaban J connectivity index is 1.23. The van der Waals surface area contributed by atoms with Gasteiger partial charge in [-0.2, -0.15) is 10.2 Å². The first-order valence-electron chi connectivity index (χ1n) is 11.5. The van der Waals surface area contributed by atoms with Crippen molar-refractivity contribution in [1.82, 2.24) is 29.5 Å². The molecule has 4 aromatic heterocycles. The highest BCUT2D eigenvalue weighted by Crippen LogP contribution is 2.33. The number of fused-ring (bicyclic) bond motifs is 2. The van der Waals surface area contributed by atoms with Crippen LogP contribution in [0.4, 0.5) is 0 Å². The number of carbonyl (C=O) groups is 1. The molecule has 0 saturated heterocycles. The van der Waals surface area contributed by atoms with E-state index in [0.717, 1.165) is 36.9 Å². The molecule has 0 aromatic carbocycles. The maximum atomic E-state index is 13.0. The first-order chi connectivity index (χ1) is 16.3. The molecule has 0 aliphatic heterocycles. The van der Waals surface area contributed by atoms with Gasteiger partial charge in [0.2, 0.25) is 0 Å². The van der Waals surface area contributed by atoms with E-state index in [1.807, 2.05) is 12.1 Å². The van der Waals surface area contributed by atoms with Gasteiger partial charge in [0.1, 0.15) is 12.4 Å². The molecule has 0 unspecified atom stereocenters. The monoisotopic (exact) mass is 464 g/mol. The Kier molecular flexibility index (Phi) is 5.60. The van der Waals surface area contributed by atoms with E-state index in [-0.39, 0.29) is 30.2 Å². The zero-order valence-corrected chi connectivity index (χ0v) is 19.2. The lowest BCUT2D eigenvalue weighted by molar-refractivity contribution is 0.0283. The fraction of sp³-hybridized carbons (Fsp3) is 0.417. The zero-order valence-electron chi connectivity index (χ0n) is 19.2. The SMILES string of the molecule is CC(C)(O)COc1ccc2c(C(=O)NC3CCC(c4n[nH]c(=O)n5cccc45)CC3)cnn2c1. The largest absolute Gasteiger partial charge is 0.489 e. The Labute approximate surface area is 195 Å². The average Bonchev–Trinajstić information content (AvgIpc) is 3.46. The highest BCUT2D eigenvalue weighted by molar-refractivity contribution is 6.00. The van der Waals surface area contributed by atoms with Crippen molar-refractivity contribution in [3.63, 3.8) is 0 Å². The van der Waals surface area contributed by atoms with E-state index in [4.69, 9.17) is 4.74 Å². The number of nitrogens with one attached hydrogen (secondary N) is 2. The molecule has 1 fully saturated rings. The smallest absolute Gasteiger partial charge is 0.346 e. The van der Waals surface area contributed by atoms with E-state index in [9.17, 15) is 14.7 Å². The van der Waals surface area contributed by atoms with Crippen LogP contribution in [0, 0.1) is 0 Å². The van der Waals surface area contributed by atoms with Crippen LogP contribution >= 0.6 is 0 Å². The molecule has 0 atom stereocenters. The molecular weight excluding hydrogens is 436 g/mol. The van der Waals surface area contributed by atoms with Gasteiger partial charge in [0, 0.05) is 18.2 Å². The highest BCUT2D eigenvalue weighted by Gasteiger charge is 2.27. The van der Waals surface area contributed by atoms with Crippen LogP contribution in [0.5, 0.6) is 5.75 Å². The van der Waals surface area contributed by atoms with Gasteiger partial charge in [0.05, 0.1) is 40.3 Å². The number of aromatic amines is 1. The van der Waals surface area contributed by atoms with Crippen LogP contribution in [0.1, 0.15) is 61.5 Å². The zero-order chi connectivity index (χ0) is 23.9.